The van der Waals surface area contributed by atoms with E-state index in [0.29, 0.717) is 17.1 Å². The molecule has 0 aliphatic carbocycles. The summed E-state index contributed by atoms with van der Waals surface area (Å²) in [5.74, 6) is 0. The Bertz CT molecular complexity index is 713. The minimum absolute atomic E-state index is 0.514. The molecule has 0 saturated heterocycles. The van der Waals surface area contributed by atoms with E-state index in [4.69, 9.17) is 5.73 Å². The predicted octanol–water partition coefficient (Wildman–Crippen LogP) is 2.94. The fourth-order valence-corrected chi connectivity index (χ4v) is 2.28. The van der Waals surface area contributed by atoms with Gasteiger partial charge >= 0.3 is 0 Å². The van der Waals surface area contributed by atoms with Crippen molar-refractivity contribution in [2.45, 2.75) is 19.2 Å². The fourth-order valence-electron chi connectivity index (χ4n) is 2.28. The van der Waals surface area contributed by atoms with Crippen molar-refractivity contribution in [3.05, 3.63) is 54.6 Å². The molecule has 0 saturated carbocycles. The summed E-state index contributed by atoms with van der Waals surface area (Å²) >= 11 is 0. The zero-order chi connectivity index (χ0) is 15.5. The monoisotopic (exact) mass is 295 g/mol. The van der Waals surface area contributed by atoms with Gasteiger partial charge in [0, 0.05) is 0 Å². The number of hydrogen-bond donors (Lipinski definition) is 2. The fraction of sp³-hybridized carbons (Fsp3) is 0.188. The molecule has 1 heterocycles. The van der Waals surface area contributed by atoms with Gasteiger partial charge in [0.25, 0.3) is 0 Å². The largest absolute Gasteiger partial charge is 0.397 e. The maximum atomic E-state index is 10.4. The van der Waals surface area contributed by atoms with Gasteiger partial charge in [-0.2, -0.15) is 15.3 Å². The van der Waals surface area contributed by atoms with Crippen LogP contribution in [-0.4, -0.2) is 23.1 Å². The first-order valence-electron chi connectivity index (χ1n) is 6.99. The van der Waals surface area contributed by atoms with Crippen molar-refractivity contribution in [2.75, 3.05) is 10.7 Å². The van der Waals surface area contributed by atoms with Gasteiger partial charge in [0.1, 0.15) is 5.69 Å². The summed E-state index contributed by atoms with van der Waals surface area (Å²) in [6, 6.07) is 16.2. The molecule has 1 aliphatic rings. The van der Waals surface area contributed by atoms with Gasteiger partial charge in [-0.1, -0.05) is 30.3 Å². The average Bonchev–Trinajstić information content (AvgIpc) is 2.82. The SMILES string of the molecule is CC1=NN(c2ccccc2)C(O)C1/N=N/c1ccccc1N. The van der Waals surface area contributed by atoms with Gasteiger partial charge in [-0.25, -0.2) is 5.01 Å². The topological polar surface area (TPSA) is 86.6 Å². The Balaban J connectivity index is 1.82. The molecule has 0 fully saturated rings. The van der Waals surface area contributed by atoms with Gasteiger partial charge in [0.15, 0.2) is 12.3 Å². The van der Waals surface area contributed by atoms with Gasteiger partial charge < -0.3 is 10.8 Å². The van der Waals surface area contributed by atoms with Crippen molar-refractivity contribution in [3.8, 4) is 0 Å². The van der Waals surface area contributed by atoms with Crippen molar-refractivity contribution in [3.63, 3.8) is 0 Å². The van der Waals surface area contributed by atoms with Crippen LogP contribution in [0.1, 0.15) is 6.92 Å². The van der Waals surface area contributed by atoms with Gasteiger partial charge in [0.2, 0.25) is 0 Å². The number of nitrogens with two attached hydrogens (primary N) is 1. The van der Waals surface area contributed by atoms with Gasteiger partial charge in [0.05, 0.1) is 17.1 Å². The number of aliphatic hydroxyl groups is 1. The van der Waals surface area contributed by atoms with Crippen molar-refractivity contribution >= 4 is 22.8 Å². The third kappa shape index (κ3) is 2.68. The minimum Gasteiger partial charge on any atom is -0.397 e. The number of nitrogen functional groups attached to an aromatic ring is 1. The smallest absolute Gasteiger partial charge is 0.177 e. The summed E-state index contributed by atoms with van der Waals surface area (Å²) in [6.07, 6.45) is -0.879. The molecule has 3 N–H and O–H groups in total. The molecular formula is C16H17N5O. The van der Waals surface area contributed by atoms with E-state index in [0.717, 1.165) is 5.69 Å². The van der Waals surface area contributed by atoms with Crippen molar-refractivity contribution in [1.82, 2.24) is 0 Å². The number of hydrazone groups is 1. The summed E-state index contributed by atoms with van der Waals surface area (Å²) in [4.78, 5) is 0. The number of nitrogens with zero attached hydrogens (tertiary/aromatic N) is 4. The molecule has 3 rings (SSSR count). The second-order valence-corrected chi connectivity index (χ2v) is 5.05. The van der Waals surface area contributed by atoms with E-state index < -0.39 is 12.3 Å². The molecule has 1 aliphatic heterocycles. The van der Waals surface area contributed by atoms with E-state index in [2.05, 4.69) is 15.3 Å². The Morgan fingerprint density at radius 3 is 2.50 bits per heavy atom. The third-order valence-corrected chi connectivity index (χ3v) is 3.47. The van der Waals surface area contributed by atoms with Crippen molar-refractivity contribution in [2.24, 2.45) is 15.3 Å². The van der Waals surface area contributed by atoms with E-state index in [-0.39, 0.29) is 0 Å². The lowest BCUT2D eigenvalue weighted by molar-refractivity contribution is 0.170. The van der Waals surface area contributed by atoms with Crippen LogP contribution in [0, 0.1) is 0 Å². The Morgan fingerprint density at radius 2 is 1.77 bits per heavy atom. The Labute approximate surface area is 128 Å². The van der Waals surface area contributed by atoms with Crippen LogP contribution in [-0.2, 0) is 0 Å². The molecule has 6 heteroatoms. The summed E-state index contributed by atoms with van der Waals surface area (Å²) in [6.45, 7) is 1.82. The zero-order valence-corrected chi connectivity index (χ0v) is 12.2. The molecule has 0 spiro atoms. The van der Waals surface area contributed by atoms with Crippen LogP contribution < -0.4 is 10.7 Å². The lowest BCUT2D eigenvalue weighted by Gasteiger charge is -2.20. The standard InChI is InChI=1S/C16H17N5O/c1-11-15(19-18-14-10-6-5-9-13(14)17)16(22)21(20-11)12-7-3-2-4-8-12/h2-10,15-16,22H,17H2,1H3/b19-18+. The molecule has 0 radical (unpaired) electrons. The first-order chi connectivity index (χ1) is 10.7. The average molecular weight is 295 g/mol. The molecule has 0 aromatic heterocycles. The highest BCUT2D eigenvalue weighted by Crippen LogP contribution is 2.27. The molecule has 2 unspecified atom stereocenters. The van der Waals surface area contributed by atoms with E-state index in [1.54, 1.807) is 17.1 Å². The second-order valence-electron chi connectivity index (χ2n) is 5.05. The van der Waals surface area contributed by atoms with Crippen molar-refractivity contribution in [1.29, 1.82) is 0 Å². The number of benzene rings is 2. The highest BCUT2D eigenvalue weighted by molar-refractivity contribution is 5.91. The van der Waals surface area contributed by atoms with Crippen LogP contribution in [0.15, 0.2) is 69.9 Å². The molecule has 22 heavy (non-hydrogen) atoms. The van der Waals surface area contributed by atoms with Gasteiger partial charge in [-0.05, 0) is 31.2 Å². The van der Waals surface area contributed by atoms with Crippen LogP contribution in [0.25, 0.3) is 0 Å². The Kier molecular flexibility index (Phi) is 3.84. The molecular weight excluding hydrogens is 278 g/mol. The van der Waals surface area contributed by atoms with E-state index >= 15 is 0 Å². The number of hydrogen-bond acceptors (Lipinski definition) is 6. The van der Waals surface area contributed by atoms with E-state index in [1.165, 1.54) is 0 Å². The maximum absolute atomic E-state index is 10.4. The van der Waals surface area contributed by atoms with Crippen LogP contribution in [0.2, 0.25) is 0 Å². The van der Waals surface area contributed by atoms with Crippen LogP contribution >= 0.6 is 0 Å². The molecule has 2 atom stereocenters. The summed E-state index contributed by atoms with van der Waals surface area (Å²) in [5.41, 5.74) is 8.48. The van der Waals surface area contributed by atoms with Crippen LogP contribution in [0.3, 0.4) is 0 Å². The quantitative estimate of drug-likeness (QED) is 0.674. The summed E-state index contributed by atoms with van der Waals surface area (Å²) < 4.78 is 0. The lowest BCUT2D eigenvalue weighted by Crippen LogP contribution is -2.35. The van der Waals surface area contributed by atoms with Gasteiger partial charge in [-0.15, -0.1) is 0 Å². The first-order valence-corrected chi connectivity index (χ1v) is 6.99. The highest BCUT2D eigenvalue weighted by Gasteiger charge is 2.34. The normalized spacial score (nSPS) is 21.4. The minimum atomic E-state index is -0.879. The van der Waals surface area contributed by atoms with Gasteiger partial charge in [-0.3, -0.25) is 0 Å². The molecule has 2 aromatic carbocycles. The lowest BCUT2D eigenvalue weighted by atomic mass is 10.2. The van der Waals surface area contributed by atoms with Crippen molar-refractivity contribution < 1.29 is 5.11 Å². The number of aliphatic hydroxyl groups excluding tert-OH is 1. The molecule has 0 bridgehead atoms. The van der Waals surface area contributed by atoms with E-state index in [9.17, 15) is 5.11 Å². The second kappa shape index (κ2) is 5.95. The Hall–Kier alpha value is -2.73. The molecule has 6 nitrogen and oxygen atoms in total. The third-order valence-electron chi connectivity index (χ3n) is 3.47. The maximum Gasteiger partial charge on any atom is 0.177 e. The number of azo groups is 1. The van der Waals surface area contributed by atoms with E-state index in [1.807, 2.05) is 49.4 Å². The first kappa shape index (κ1) is 14.2. The van der Waals surface area contributed by atoms with Crippen LogP contribution in [0.5, 0.6) is 0 Å². The zero-order valence-electron chi connectivity index (χ0n) is 12.2. The summed E-state index contributed by atoms with van der Waals surface area (Å²) in [7, 11) is 0. The number of rotatable bonds is 3. The Morgan fingerprint density at radius 1 is 1.09 bits per heavy atom. The highest BCUT2D eigenvalue weighted by atomic mass is 16.3. The molecule has 112 valence electrons. The number of para-hydroxylation sites is 2. The molecule has 2 aromatic rings. The molecule has 0 amide bonds. The number of anilines is 2. The van der Waals surface area contributed by atoms with Crippen LogP contribution in [0.4, 0.5) is 17.1 Å². The predicted molar refractivity (Wildman–Crippen MR) is 87.2 cm³/mol. The summed E-state index contributed by atoms with van der Waals surface area (Å²) in [5, 5.41) is 24.7.